The maximum atomic E-state index is 12.9. The number of rotatable bonds is 4. The van der Waals surface area contributed by atoms with Crippen LogP contribution in [0.3, 0.4) is 0 Å². The van der Waals surface area contributed by atoms with Crippen molar-refractivity contribution < 1.29 is 13.9 Å². The first kappa shape index (κ1) is 19.2. The van der Waals surface area contributed by atoms with E-state index in [4.69, 9.17) is 13.9 Å². The molecule has 2 heterocycles. The summed E-state index contributed by atoms with van der Waals surface area (Å²) in [6.45, 7) is 3.02. The van der Waals surface area contributed by atoms with Gasteiger partial charge in [-0.05, 0) is 54.4 Å². The summed E-state index contributed by atoms with van der Waals surface area (Å²) in [5, 5.41) is 0.949. The molecule has 5 nitrogen and oxygen atoms in total. The number of anilines is 1. The van der Waals surface area contributed by atoms with Gasteiger partial charge in [0.25, 0.3) is 0 Å². The molecule has 0 fully saturated rings. The molecule has 4 aromatic rings. The van der Waals surface area contributed by atoms with Crippen molar-refractivity contribution in [1.82, 2.24) is 0 Å². The number of ether oxygens (including phenoxy) is 2. The zero-order chi connectivity index (χ0) is 21.4. The molecule has 0 N–H and O–H groups in total. The van der Waals surface area contributed by atoms with Crippen molar-refractivity contribution in [3.05, 3.63) is 99.4 Å². The second kappa shape index (κ2) is 7.84. The van der Waals surface area contributed by atoms with Crippen LogP contribution in [0, 0.1) is 6.92 Å². The van der Waals surface area contributed by atoms with E-state index in [1.807, 2.05) is 73.7 Å². The molecule has 5 heteroatoms. The summed E-state index contributed by atoms with van der Waals surface area (Å²) in [5.41, 5.74) is 4.97. The Kier molecular flexibility index (Phi) is 4.86. The normalized spacial score (nSPS) is 13.0. The Balaban J connectivity index is 1.55. The van der Waals surface area contributed by atoms with Crippen LogP contribution in [0.25, 0.3) is 11.0 Å². The summed E-state index contributed by atoms with van der Waals surface area (Å²) < 4.78 is 17.1. The van der Waals surface area contributed by atoms with E-state index in [-0.39, 0.29) is 5.63 Å². The maximum Gasteiger partial charge on any atom is 0.340 e. The summed E-state index contributed by atoms with van der Waals surface area (Å²) in [7, 11) is 1.65. The highest BCUT2D eigenvalue weighted by molar-refractivity contribution is 5.86. The smallest absolute Gasteiger partial charge is 0.340 e. The lowest BCUT2D eigenvalue weighted by Gasteiger charge is -2.31. The van der Waals surface area contributed by atoms with E-state index in [1.54, 1.807) is 7.11 Å². The zero-order valence-corrected chi connectivity index (χ0v) is 17.6. The minimum Gasteiger partial charge on any atom is -0.497 e. The number of hydrogen-bond acceptors (Lipinski definition) is 5. The van der Waals surface area contributed by atoms with Crippen molar-refractivity contribution in [2.45, 2.75) is 19.9 Å². The predicted octanol–water partition coefficient (Wildman–Crippen LogP) is 5.06. The van der Waals surface area contributed by atoms with E-state index in [0.29, 0.717) is 30.8 Å². The third-order valence-corrected chi connectivity index (χ3v) is 5.90. The van der Waals surface area contributed by atoms with Crippen LogP contribution in [0.2, 0.25) is 0 Å². The SMILES string of the molecule is COc1ccc(N2COc3ccc4c(C)c(Cc5ccccc5)c(=O)oc4c3C2)cc1. The quantitative estimate of drug-likeness (QED) is 0.438. The second-order valence-electron chi connectivity index (χ2n) is 7.74. The number of hydrogen-bond donors (Lipinski definition) is 0. The van der Waals surface area contributed by atoms with Crippen LogP contribution in [0.1, 0.15) is 22.3 Å². The molecule has 0 aliphatic carbocycles. The first-order valence-electron chi connectivity index (χ1n) is 10.3. The third-order valence-electron chi connectivity index (χ3n) is 5.90. The lowest BCUT2D eigenvalue weighted by atomic mass is 9.97. The van der Waals surface area contributed by atoms with E-state index >= 15 is 0 Å². The molecule has 5 rings (SSSR count). The van der Waals surface area contributed by atoms with E-state index in [1.165, 1.54) is 0 Å². The van der Waals surface area contributed by atoms with E-state index in [2.05, 4.69) is 4.90 Å². The van der Waals surface area contributed by atoms with E-state index < -0.39 is 0 Å². The Morgan fingerprint density at radius 2 is 1.77 bits per heavy atom. The van der Waals surface area contributed by atoms with Crippen molar-refractivity contribution in [2.24, 2.45) is 0 Å². The molecule has 0 atom stereocenters. The van der Waals surface area contributed by atoms with Gasteiger partial charge in [-0.2, -0.15) is 0 Å². The molecule has 0 radical (unpaired) electrons. The third kappa shape index (κ3) is 3.52. The fourth-order valence-corrected chi connectivity index (χ4v) is 4.12. The highest BCUT2D eigenvalue weighted by Crippen LogP contribution is 2.35. The molecular weight excluding hydrogens is 390 g/mol. The molecule has 31 heavy (non-hydrogen) atoms. The molecular formula is C26H23NO4. The summed E-state index contributed by atoms with van der Waals surface area (Å²) in [6, 6.07) is 21.8. The van der Waals surface area contributed by atoms with Crippen molar-refractivity contribution in [3.8, 4) is 11.5 Å². The summed E-state index contributed by atoms with van der Waals surface area (Å²) in [5.74, 6) is 1.57. The molecule has 0 bridgehead atoms. The largest absolute Gasteiger partial charge is 0.497 e. The van der Waals surface area contributed by atoms with Crippen LogP contribution in [0.4, 0.5) is 5.69 Å². The molecule has 1 aliphatic rings. The average Bonchev–Trinajstić information content (AvgIpc) is 2.82. The van der Waals surface area contributed by atoms with Gasteiger partial charge in [0, 0.05) is 23.1 Å². The second-order valence-corrected chi connectivity index (χ2v) is 7.74. The number of methoxy groups -OCH3 is 1. The summed E-state index contributed by atoms with van der Waals surface area (Å²) in [4.78, 5) is 15.0. The average molecular weight is 413 g/mol. The molecule has 156 valence electrons. The Bertz CT molecular complexity index is 1290. The topological polar surface area (TPSA) is 51.9 Å². The summed E-state index contributed by atoms with van der Waals surface area (Å²) in [6.07, 6.45) is 0.552. The van der Waals surface area contributed by atoms with Crippen LogP contribution in [-0.2, 0) is 13.0 Å². The van der Waals surface area contributed by atoms with Crippen molar-refractivity contribution in [2.75, 3.05) is 18.7 Å². The standard InChI is InChI=1S/C26H23NO4/c1-17-21-12-13-24-23(15-27(16-30-24)19-8-10-20(29-2)11-9-19)25(21)31-26(28)22(17)14-18-6-4-3-5-7-18/h3-13H,14-16H2,1-2H3. The van der Waals surface area contributed by atoms with Gasteiger partial charge in [0.05, 0.1) is 19.2 Å². The molecule has 0 amide bonds. The van der Waals surface area contributed by atoms with Crippen molar-refractivity contribution in [3.63, 3.8) is 0 Å². The van der Waals surface area contributed by atoms with Gasteiger partial charge in [-0.15, -0.1) is 0 Å². The fourth-order valence-electron chi connectivity index (χ4n) is 4.12. The Morgan fingerprint density at radius 3 is 2.52 bits per heavy atom. The molecule has 1 aliphatic heterocycles. The molecule has 0 unspecified atom stereocenters. The maximum absolute atomic E-state index is 12.9. The van der Waals surface area contributed by atoms with Gasteiger partial charge in [-0.3, -0.25) is 0 Å². The first-order valence-corrected chi connectivity index (χ1v) is 10.3. The van der Waals surface area contributed by atoms with Gasteiger partial charge < -0.3 is 18.8 Å². The van der Waals surface area contributed by atoms with Crippen LogP contribution in [-0.4, -0.2) is 13.8 Å². The molecule has 0 saturated carbocycles. The summed E-state index contributed by atoms with van der Waals surface area (Å²) >= 11 is 0. The minimum absolute atomic E-state index is 0.288. The Hall–Kier alpha value is -3.73. The molecule has 0 saturated heterocycles. The minimum atomic E-state index is -0.288. The molecule has 1 aromatic heterocycles. The van der Waals surface area contributed by atoms with Gasteiger partial charge in [0.15, 0.2) is 6.73 Å². The van der Waals surface area contributed by atoms with Gasteiger partial charge in [0.2, 0.25) is 0 Å². The fraction of sp³-hybridized carbons (Fsp3) is 0.192. The Morgan fingerprint density at radius 1 is 1.00 bits per heavy atom. The zero-order valence-electron chi connectivity index (χ0n) is 17.6. The highest BCUT2D eigenvalue weighted by atomic mass is 16.5. The van der Waals surface area contributed by atoms with Crippen LogP contribution in [0.5, 0.6) is 11.5 Å². The highest BCUT2D eigenvalue weighted by Gasteiger charge is 2.23. The molecule has 0 spiro atoms. The van der Waals surface area contributed by atoms with Crippen LogP contribution < -0.4 is 20.0 Å². The lowest BCUT2D eigenvalue weighted by molar-refractivity contribution is 0.289. The van der Waals surface area contributed by atoms with Gasteiger partial charge in [-0.25, -0.2) is 4.79 Å². The van der Waals surface area contributed by atoms with Gasteiger partial charge in [0.1, 0.15) is 17.1 Å². The first-order chi connectivity index (χ1) is 15.1. The van der Waals surface area contributed by atoms with E-state index in [9.17, 15) is 4.79 Å². The van der Waals surface area contributed by atoms with Crippen molar-refractivity contribution >= 4 is 16.7 Å². The molecule has 3 aromatic carbocycles. The predicted molar refractivity (Wildman–Crippen MR) is 121 cm³/mol. The van der Waals surface area contributed by atoms with Gasteiger partial charge >= 0.3 is 5.63 Å². The number of aryl methyl sites for hydroxylation is 1. The number of benzene rings is 3. The number of nitrogens with zero attached hydrogens (tertiary/aromatic N) is 1. The van der Waals surface area contributed by atoms with Crippen LogP contribution >= 0.6 is 0 Å². The number of fused-ring (bicyclic) bond motifs is 3. The van der Waals surface area contributed by atoms with Crippen molar-refractivity contribution in [1.29, 1.82) is 0 Å². The Labute approximate surface area is 180 Å². The van der Waals surface area contributed by atoms with E-state index in [0.717, 1.165) is 39.3 Å². The van der Waals surface area contributed by atoms with Gasteiger partial charge in [-0.1, -0.05) is 30.3 Å². The van der Waals surface area contributed by atoms with Crippen LogP contribution in [0.15, 0.2) is 75.9 Å². The monoisotopic (exact) mass is 413 g/mol. The lowest BCUT2D eigenvalue weighted by Crippen LogP contribution is -2.32.